The van der Waals surface area contributed by atoms with Crippen molar-refractivity contribution >= 4 is 6.16 Å². The van der Waals surface area contributed by atoms with Crippen LogP contribution < -0.4 is 51.4 Å². The minimum Gasteiger partial charge on any atom is -1.00 e. The Kier molecular flexibility index (Phi) is 25.4. The number of carbonyl (C=O) groups is 1. The molecule has 0 fully saturated rings. The van der Waals surface area contributed by atoms with Gasteiger partial charge in [0, 0.05) is 19.5 Å². The first-order valence-corrected chi connectivity index (χ1v) is 0.651. The van der Waals surface area contributed by atoms with Crippen LogP contribution in [-0.4, -0.2) is 16.4 Å². The Morgan fingerprint density at radius 3 is 1.50 bits per heavy atom. The van der Waals surface area contributed by atoms with E-state index >= 15 is 0 Å². The molecular weight excluding hydrogens is 164 g/mol. The summed E-state index contributed by atoms with van der Waals surface area (Å²) in [7, 11) is 0. The van der Waals surface area contributed by atoms with Crippen molar-refractivity contribution in [2.75, 3.05) is 0 Å². The second-order valence-electron chi connectivity index (χ2n) is 0.283. The molecule has 0 unspecified atom stereocenters. The molecule has 0 atom stereocenters. The minimum absolute atomic E-state index is 0. The van der Waals surface area contributed by atoms with Crippen LogP contribution in [0.3, 0.4) is 0 Å². The Hall–Kier alpha value is 1.53. The van der Waals surface area contributed by atoms with Crippen LogP contribution in [0.15, 0.2) is 0 Å². The predicted molar refractivity (Wildman–Crippen MR) is 11.8 cm³/mol. The van der Waals surface area contributed by atoms with Crippen LogP contribution in [0.4, 0.5) is 4.79 Å². The van der Waals surface area contributed by atoms with Crippen molar-refractivity contribution in [3.63, 3.8) is 0 Å². The standard InChI is InChI=1S/CH2O3.K.Zn.H/c2-1(3)4;;;/h(H2,2,3,4);;;/q;+1;;-1. The van der Waals surface area contributed by atoms with Crippen LogP contribution in [0.5, 0.6) is 0 Å². The van der Waals surface area contributed by atoms with Gasteiger partial charge in [0.1, 0.15) is 0 Å². The summed E-state index contributed by atoms with van der Waals surface area (Å²) in [6.45, 7) is 0. The van der Waals surface area contributed by atoms with E-state index in [1.54, 1.807) is 0 Å². The van der Waals surface area contributed by atoms with Gasteiger partial charge in [0.25, 0.3) is 0 Å². The fraction of sp³-hybridized carbons (Fsp3) is 0. The van der Waals surface area contributed by atoms with E-state index in [-0.39, 0.29) is 72.3 Å². The smallest absolute Gasteiger partial charge is 1.00 e. The maximum Gasteiger partial charge on any atom is 1.00 e. The van der Waals surface area contributed by atoms with Gasteiger partial charge in [0.05, 0.1) is 0 Å². The fourth-order valence-electron chi connectivity index (χ4n) is 0. The normalized spacial score (nSPS) is 4.00. The molecule has 0 aromatic carbocycles. The molecular formula is CH3KO3Zn. The molecule has 0 aliphatic heterocycles. The first kappa shape index (κ1) is 15.6. The van der Waals surface area contributed by atoms with Gasteiger partial charge in [0.2, 0.25) is 0 Å². The van der Waals surface area contributed by atoms with Crippen LogP contribution in [0.25, 0.3) is 0 Å². The molecule has 0 saturated heterocycles. The van der Waals surface area contributed by atoms with Crippen molar-refractivity contribution in [2.45, 2.75) is 0 Å². The minimum atomic E-state index is -1.83. The summed E-state index contributed by atoms with van der Waals surface area (Å²) in [5, 5.41) is 13.9. The predicted octanol–water partition coefficient (Wildman–Crippen LogP) is -2.66. The zero-order chi connectivity index (χ0) is 3.58. The van der Waals surface area contributed by atoms with E-state index in [0.29, 0.717) is 0 Å². The summed E-state index contributed by atoms with van der Waals surface area (Å²) in [6, 6.07) is 0. The second kappa shape index (κ2) is 9.73. The van der Waals surface area contributed by atoms with Crippen LogP contribution in [0.2, 0.25) is 0 Å². The van der Waals surface area contributed by atoms with Gasteiger partial charge in [-0.3, -0.25) is 0 Å². The van der Waals surface area contributed by atoms with E-state index in [0.717, 1.165) is 0 Å². The van der Waals surface area contributed by atoms with Gasteiger partial charge >= 0.3 is 57.5 Å². The Labute approximate surface area is 91.8 Å². The maximum atomic E-state index is 8.56. The average Bonchev–Trinajstić information content (AvgIpc) is 0.811. The molecule has 0 aromatic rings. The molecule has 5 heteroatoms. The van der Waals surface area contributed by atoms with E-state index in [4.69, 9.17) is 15.0 Å². The number of hydrogen-bond acceptors (Lipinski definition) is 1. The number of rotatable bonds is 0. The third kappa shape index (κ3) is 48.5. The molecule has 0 saturated carbocycles. The first-order chi connectivity index (χ1) is 1.73. The SMILES string of the molecule is O=C(O)O.[H-].[K+].[Zn]. The molecule has 0 aliphatic rings. The third-order valence-corrected chi connectivity index (χ3v) is 0. The second-order valence-corrected chi connectivity index (χ2v) is 0.283. The molecule has 0 aromatic heterocycles. The topological polar surface area (TPSA) is 57.5 Å². The van der Waals surface area contributed by atoms with E-state index in [9.17, 15) is 0 Å². The van der Waals surface area contributed by atoms with Crippen LogP contribution in [-0.2, 0) is 19.5 Å². The monoisotopic (exact) mass is 166 g/mol. The summed E-state index contributed by atoms with van der Waals surface area (Å²) < 4.78 is 0. The Morgan fingerprint density at radius 1 is 1.50 bits per heavy atom. The molecule has 0 amide bonds. The van der Waals surface area contributed by atoms with Gasteiger partial charge in [-0.25, -0.2) is 4.79 Å². The number of carboxylic acid groups (broad SMARTS) is 2. The molecule has 0 radical (unpaired) electrons. The Bertz CT molecular complexity index is 37.9. The Morgan fingerprint density at radius 2 is 1.50 bits per heavy atom. The first-order valence-electron chi connectivity index (χ1n) is 0.651. The van der Waals surface area contributed by atoms with Crippen molar-refractivity contribution in [1.29, 1.82) is 0 Å². The average molecular weight is 168 g/mol. The van der Waals surface area contributed by atoms with Gasteiger partial charge in [-0.1, -0.05) is 0 Å². The fourth-order valence-corrected chi connectivity index (χ4v) is 0. The zero-order valence-corrected chi connectivity index (χ0v) is 9.60. The number of hydrogen-bond donors (Lipinski definition) is 2. The van der Waals surface area contributed by atoms with Gasteiger partial charge in [-0.15, -0.1) is 0 Å². The Balaban J connectivity index is -0.0000000150. The van der Waals surface area contributed by atoms with Crippen LogP contribution in [0, 0.1) is 0 Å². The summed E-state index contributed by atoms with van der Waals surface area (Å²) >= 11 is 0. The van der Waals surface area contributed by atoms with E-state index < -0.39 is 6.16 Å². The molecule has 28 valence electrons. The third-order valence-electron chi connectivity index (χ3n) is 0. The van der Waals surface area contributed by atoms with Gasteiger partial charge in [-0.2, -0.15) is 0 Å². The van der Waals surface area contributed by atoms with Gasteiger partial charge in [-0.05, 0) is 0 Å². The van der Waals surface area contributed by atoms with Crippen molar-refractivity contribution in [1.82, 2.24) is 0 Å². The molecule has 0 aliphatic carbocycles. The van der Waals surface area contributed by atoms with Crippen molar-refractivity contribution in [3.05, 3.63) is 0 Å². The van der Waals surface area contributed by atoms with E-state index in [1.165, 1.54) is 0 Å². The molecule has 0 heterocycles. The molecule has 0 spiro atoms. The van der Waals surface area contributed by atoms with Crippen LogP contribution in [0.1, 0.15) is 1.43 Å². The van der Waals surface area contributed by atoms with Crippen molar-refractivity contribution in [2.24, 2.45) is 0 Å². The molecule has 3 nitrogen and oxygen atoms in total. The largest absolute Gasteiger partial charge is 1.00 e. The summed E-state index contributed by atoms with van der Waals surface area (Å²) in [4.78, 5) is 8.56. The summed E-state index contributed by atoms with van der Waals surface area (Å²) in [5.74, 6) is 0. The molecule has 0 bridgehead atoms. The van der Waals surface area contributed by atoms with E-state index in [2.05, 4.69) is 0 Å². The molecule has 0 rings (SSSR count). The zero-order valence-electron chi connectivity index (χ0n) is 4.51. The summed E-state index contributed by atoms with van der Waals surface area (Å²) in [6.07, 6.45) is -1.83. The molecule has 2 N–H and O–H groups in total. The van der Waals surface area contributed by atoms with Gasteiger partial charge < -0.3 is 11.6 Å². The van der Waals surface area contributed by atoms with E-state index in [1.807, 2.05) is 0 Å². The van der Waals surface area contributed by atoms with Crippen molar-refractivity contribution in [3.8, 4) is 0 Å². The quantitative estimate of drug-likeness (QED) is 0.387. The summed E-state index contributed by atoms with van der Waals surface area (Å²) in [5.41, 5.74) is 0. The maximum absolute atomic E-state index is 8.56. The van der Waals surface area contributed by atoms with Crippen molar-refractivity contribution < 1.29 is 87.3 Å². The molecule has 6 heavy (non-hydrogen) atoms. The van der Waals surface area contributed by atoms with Crippen LogP contribution >= 0.6 is 0 Å². The van der Waals surface area contributed by atoms with Gasteiger partial charge in [0.15, 0.2) is 0 Å².